The summed E-state index contributed by atoms with van der Waals surface area (Å²) in [4.78, 5) is 3.65. The predicted octanol–water partition coefficient (Wildman–Crippen LogP) is 3.33. The molecule has 1 aromatic rings. The van der Waals surface area contributed by atoms with Gasteiger partial charge in [-0.2, -0.15) is 0 Å². The Morgan fingerprint density at radius 2 is 2.58 bits per heavy atom. The molecule has 0 radical (unpaired) electrons. The highest BCUT2D eigenvalue weighted by Crippen LogP contribution is 2.34. The van der Waals surface area contributed by atoms with Crippen LogP contribution in [0.4, 0.5) is 0 Å². The van der Waals surface area contributed by atoms with E-state index in [-0.39, 0.29) is 0 Å². The number of thiophene rings is 1. The third-order valence-electron chi connectivity index (χ3n) is 1.18. The van der Waals surface area contributed by atoms with E-state index in [1.54, 1.807) is 7.11 Å². The lowest BCUT2D eigenvalue weighted by molar-refractivity contribution is 0.425. The van der Waals surface area contributed by atoms with Crippen molar-refractivity contribution in [1.82, 2.24) is 0 Å². The maximum atomic E-state index is 8.08. The minimum absolute atomic E-state index is 0.378. The normalized spacial score (nSPS) is 9.17. The van der Waals surface area contributed by atoms with Gasteiger partial charge in [-0.1, -0.05) is 5.11 Å². The van der Waals surface area contributed by atoms with Crippen molar-refractivity contribution in [1.29, 1.82) is 0 Å². The molecule has 0 amide bonds. The fourth-order valence-corrected chi connectivity index (χ4v) is 2.33. The Balaban J connectivity index is 2.81. The van der Waals surface area contributed by atoms with Crippen molar-refractivity contribution >= 4 is 27.3 Å². The first-order valence-corrected chi connectivity index (χ1v) is 4.72. The summed E-state index contributed by atoms with van der Waals surface area (Å²) in [5.74, 6) is 0. The van der Waals surface area contributed by atoms with Gasteiger partial charge >= 0.3 is 0 Å². The smallest absolute Gasteiger partial charge is 0.188 e. The lowest BCUT2D eigenvalue weighted by atomic mass is 10.5. The second kappa shape index (κ2) is 4.35. The molecule has 4 nitrogen and oxygen atoms in total. The third kappa shape index (κ3) is 2.14. The first-order valence-electron chi connectivity index (χ1n) is 3.11. The lowest BCUT2D eigenvalue weighted by Crippen LogP contribution is -1.75. The fourth-order valence-electron chi connectivity index (χ4n) is 0.716. The average molecular weight is 248 g/mol. The van der Waals surface area contributed by atoms with Crippen molar-refractivity contribution in [2.24, 2.45) is 5.11 Å². The van der Waals surface area contributed by atoms with Gasteiger partial charge in [-0.05, 0) is 27.5 Å². The van der Waals surface area contributed by atoms with E-state index in [9.17, 15) is 0 Å². The van der Waals surface area contributed by atoms with E-state index >= 15 is 0 Å². The maximum Gasteiger partial charge on any atom is 0.188 e. The molecule has 0 atom stereocenters. The van der Waals surface area contributed by atoms with Gasteiger partial charge in [-0.15, -0.1) is 11.3 Å². The summed E-state index contributed by atoms with van der Waals surface area (Å²) in [5, 5.41) is 4.25. The van der Waals surface area contributed by atoms with E-state index in [0.29, 0.717) is 6.54 Å². The minimum Gasteiger partial charge on any atom is -0.486 e. The van der Waals surface area contributed by atoms with Crippen LogP contribution in [0, 0.1) is 0 Å². The summed E-state index contributed by atoms with van der Waals surface area (Å²) in [5.41, 5.74) is 8.08. The molecule has 0 N–H and O–H groups in total. The van der Waals surface area contributed by atoms with E-state index in [0.717, 1.165) is 14.4 Å². The van der Waals surface area contributed by atoms with Gasteiger partial charge in [-0.25, -0.2) is 0 Å². The van der Waals surface area contributed by atoms with Crippen molar-refractivity contribution in [3.8, 4) is 5.06 Å². The quantitative estimate of drug-likeness (QED) is 0.459. The molecule has 0 fully saturated rings. The number of ether oxygens (including phenoxy) is 1. The molecular weight excluding hydrogens is 242 g/mol. The number of rotatable bonds is 3. The highest BCUT2D eigenvalue weighted by atomic mass is 79.9. The van der Waals surface area contributed by atoms with E-state index in [2.05, 4.69) is 26.0 Å². The van der Waals surface area contributed by atoms with Crippen LogP contribution in [-0.2, 0) is 6.54 Å². The maximum absolute atomic E-state index is 8.08. The molecule has 0 saturated carbocycles. The summed E-state index contributed by atoms with van der Waals surface area (Å²) in [6.45, 7) is 0.378. The number of nitrogens with zero attached hydrogens (tertiary/aromatic N) is 3. The van der Waals surface area contributed by atoms with Crippen LogP contribution < -0.4 is 4.74 Å². The second-order valence-electron chi connectivity index (χ2n) is 1.94. The molecule has 1 rings (SSSR count). The van der Waals surface area contributed by atoms with Crippen LogP contribution in [0.5, 0.6) is 5.06 Å². The zero-order valence-corrected chi connectivity index (χ0v) is 8.72. The summed E-state index contributed by atoms with van der Waals surface area (Å²) < 4.78 is 5.94. The van der Waals surface area contributed by atoms with Gasteiger partial charge in [0.1, 0.15) is 0 Å². The lowest BCUT2D eigenvalue weighted by Gasteiger charge is -1.91. The Labute approximate surface area is 81.9 Å². The highest BCUT2D eigenvalue weighted by molar-refractivity contribution is 9.10. The van der Waals surface area contributed by atoms with E-state index in [1.807, 2.05) is 6.07 Å². The fraction of sp³-hybridized carbons (Fsp3) is 0.333. The van der Waals surface area contributed by atoms with Crippen LogP contribution in [0.15, 0.2) is 15.7 Å². The van der Waals surface area contributed by atoms with Crippen LogP contribution in [0.25, 0.3) is 10.4 Å². The van der Waals surface area contributed by atoms with Crippen molar-refractivity contribution in [3.05, 3.63) is 25.9 Å². The van der Waals surface area contributed by atoms with Crippen molar-refractivity contribution in [2.75, 3.05) is 7.11 Å². The first kappa shape index (κ1) is 9.38. The molecule has 0 aliphatic heterocycles. The van der Waals surface area contributed by atoms with Gasteiger partial charge < -0.3 is 4.74 Å². The standard InChI is InChI=1S/C6H6BrN3OS/c1-11-6-5(7)2-4(12-6)3-9-10-8/h2H,3H2,1H3. The number of hydrogen-bond acceptors (Lipinski definition) is 3. The molecule has 0 aliphatic rings. The SMILES string of the molecule is COc1sc(CN=[N+]=[N-])cc1Br. The van der Waals surface area contributed by atoms with Gasteiger partial charge in [-0.3, -0.25) is 0 Å². The van der Waals surface area contributed by atoms with Crippen molar-refractivity contribution < 1.29 is 4.74 Å². The van der Waals surface area contributed by atoms with Gasteiger partial charge in [0.05, 0.1) is 18.1 Å². The van der Waals surface area contributed by atoms with E-state index in [4.69, 9.17) is 10.3 Å². The molecule has 0 bridgehead atoms. The summed E-state index contributed by atoms with van der Waals surface area (Å²) in [6, 6.07) is 1.89. The number of azide groups is 1. The number of halogens is 1. The molecule has 1 aromatic heterocycles. The Bertz CT molecular complexity index is 319. The summed E-state index contributed by atoms with van der Waals surface area (Å²) in [7, 11) is 1.61. The average Bonchev–Trinajstić information content (AvgIpc) is 2.43. The van der Waals surface area contributed by atoms with Crippen LogP contribution in [0.1, 0.15) is 4.88 Å². The Hall–Kier alpha value is -0.710. The molecule has 64 valence electrons. The Morgan fingerprint density at radius 3 is 3.08 bits per heavy atom. The van der Waals surface area contributed by atoms with Crippen LogP contribution >= 0.6 is 27.3 Å². The third-order valence-corrected chi connectivity index (χ3v) is 3.11. The minimum atomic E-state index is 0.378. The van der Waals surface area contributed by atoms with E-state index < -0.39 is 0 Å². The molecule has 0 saturated heterocycles. The van der Waals surface area contributed by atoms with Gasteiger partial charge in [0.15, 0.2) is 5.06 Å². The molecule has 0 unspecified atom stereocenters. The molecule has 6 heteroatoms. The number of hydrogen-bond donors (Lipinski definition) is 0. The predicted molar refractivity (Wildman–Crippen MR) is 51.4 cm³/mol. The molecule has 12 heavy (non-hydrogen) atoms. The topological polar surface area (TPSA) is 58.0 Å². The van der Waals surface area contributed by atoms with Gasteiger partial charge in [0.25, 0.3) is 0 Å². The summed E-state index contributed by atoms with van der Waals surface area (Å²) >= 11 is 4.79. The monoisotopic (exact) mass is 247 g/mol. The Kier molecular flexibility index (Phi) is 3.40. The van der Waals surface area contributed by atoms with Crippen molar-refractivity contribution in [3.63, 3.8) is 0 Å². The van der Waals surface area contributed by atoms with E-state index in [1.165, 1.54) is 11.3 Å². The molecule has 0 spiro atoms. The van der Waals surface area contributed by atoms with Crippen LogP contribution in [0.2, 0.25) is 0 Å². The summed E-state index contributed by atoms with van der Waals surface area (Å²) in [6.07, 6.45) is 0. The second-order valence-corrected chi connectivity index (χ2v) is 3.89. The first-order chi connectivity index (χ1) is 5.77. The van der Waals surface area contributed by atoms with Gasteiger partial charge in [0, 0.05) is 9.79 Å². The molecular formula is C6H6BrN3OS. The highest BCUT2D eigenvalue weighted by Gasteiger charge is 2.05. The van der Waals surface area contributed by atoms with Crippen LogP contribution in [0.3, 0.4) is 0 Å². The molecule has 1 heterocycles. The van der Waals surface area contributed by atoms with Crippen LogP contribution in [-0.4, -0.2) is 7.11 Å². The Morgan fingerprint density at radius 1 is 1.83 bits per heavy atom. The molecule has 0 aromatic carbocycles. The van der Waals surface area contributed by atoms with Crippen molar-refractivity contribution in [2.45, 2.75) is 6.54 Å². The molecule has 0 aliphatic carbocycles. The zero-order chi connectivity index (χ0) is 8.97. The zero-order valence-electron chi connectivity index (χ0n) is 6.32. The number of methoxy groups -OCH3 is 1. The largest absolute Gasteiger partial charge is 0.486 e. The van der Waals surface area contributed by atoms with Gasteiger partial charge in [0.2, 0.25) is 0 Å².